The average molecular weight is 149 g/mol. The Labute approximate surface area is 60.0 Å². The molecule has 1 unspecified atom stereocenters. The molecule has 2 N–H and O–H groups in total. The molecule has 0 aromatic carbocycles. The van der Waals surface area contributed by atoms with E-state index in [2.05, 4.69) is 17.4 Å². The van der Waals surface area contributed by atoms with Gasteiger partial charge in [0.15, 0.2) is 0 Å². The molecule has 0 aliphatic rings. The van der Waals surface area contributed by atoms with Crippen LogP contribution in [0.3, 0.4) is 0 Å². The Morgan fingerprint density at radius 3 is 2.33 bits per heavy atom. The SMILES string of the molecule is COC(=O)C(N)[C@H](C)S. The van der Waals surface area contributed by atoms with Crippen molar-refractivity contribution in [2.24, 2.45) is 5.73 Å². The second-order valence-corrected chi connectivity index (χ2v) is 2.60. The van der Waals surface area contributed by atoms with Crippen LogP contribution in [-0.4, -0.2) is 24.4 Å². The molecule has 0 saturated carbocycles. The first kappa shape index (κ1) is 8.78. The summed E-state index contributed by atoms with van der Waals surface area (Å²) in [5.41, 5.74) is 5.32. The van der Waals surface area contributed by atoms with Gasteiger partial charge in [-0.15, -0.1) is 0 Å². The molecule has 0 saturated heterocycles. The molecule has 0 spiro atoms. The van der Waals surface area contributed by atoms with Gasteiger partial charge in [-0.05, 0) is 0 Å². The highest BCUT2D eigenvalue weighted by molar-refractivity contribution is 7.81. The third kappa shape index (κ3) is 2.72. The van der Waals surface area contributed by atoms with Gasteiger partial charge >= 0.3 is 5.97 Å². The van der Waals surface area contributed by atoms with Crippen molar-refractivity contribution in [2.75, 3.05) is 7.11 Å². The molecule has 3 nitrogen and oxygen atoms in total. The van der Waals surface area contributed by atoms with E-state index in [4.69, 9.17) is 5.73 Å². The van der Waals surface area contributed by atoms with Crippen LogP contribution in [-0.2, 0) is 9.53 Å². The van der Waals surface area contributed by atoms with Gasteiger partial charge in [0, 0.05) is 5.25 Å². The number of methoxy groups -OCH3 is 1. The van der Waals surface area contributed by atoms with Crippen LogP contribution in [0.5, 0.6) is 0 Å². The summed E-state index contributed by atoms with van der Waals surface area (Å²) in [6.07, 6.45) is 0. The Kier molecular flexibility index (Phi) is 3.65. The van der Waals surface area contributed by atoms with Crippen LogP contribution in [0.25, 0.3) is 0 Å². The van der Waals surface area contributed by atoms with Crippen molar-refractivity contribution < 1.29 is 9.53 Å². The normalized spacial score (nSPS) is 16.4. The molecule has 9 heavy (non-hydrogen) atoms. The van der Waals surface area contributed by atoms with Gasteiger partial charge in [-0.1, -0.05) is 6.92 Å². The molecule has 0 aliphatic carbocycles. The van der Waals surface area contributed by atoms with Crippen LogP contribution >= 0.6 is 12.6 Å². The van der Waals surface area contributed by atoms with Crippen molar-refractivity contribution in [3.8, 4) is 0 Å². The topological polar surface area (TPSA) is 52.3 Å². The number of nitrogens with two attached hydrogens (primary N) is 1. The number of hydrogen-bond acceptors (Lipinski definition) is 4. The number of thiol groups is 1. The van der Waals surface area contributed by atoms with E-state index in [9.17, 15) is 4.79 Å². The average Bonchev–Trinajstić information content (AvgIpc) is 1.84. The van der Waals surface area contributed by atoms with Crippen molar-refractivity contribution in [2.45, 2.75) is 18.2 Å². The summed E-state index contributed by atoms with van der Waals surface area (Å²) in [7, 11) is 1.30. The van der Waals surface area contributed by atoms with Crippen LogP contribution in [0.1, 0.15) is 6.92 Å². The van der Waals surface area contributed by atoms with E-state index >= 15 is 0 Å². The van der Waals surface area contributed by atoms with Gasteiger partial charge < -0.3 is 10.5 Å². The minimum atomic E-state index is -0.613. The lowest BCUT2D eigenvalue weighted by atomic mass is 10.2. The van der Waals surface area contributed by atoms with Gasteiger partial charge in [-0.2, -0.15) is 12.6 Å². The fourth-order valence-corrected chi connectivity index (χ4v) is 0.455. The molecule has 0 aromatic heterocycles. The highest BCUT2D eigenvalue weighted by atomic mass is 32.1. The van der Waals surface area contributed by atoms with E-state index in [0.717, 1.165) is 0 Å². The Morgan fingerprint density at radius 2 is 2.22 bits per heavy atom. The molecule has 0 aliphatic heterocycles. The fraction of sp³-hybridized carbons (Fsp3) is 0.800. The van der Waals surface area contributed by atoms with E-state index in [0.29, 0.717) is 0 Å². The molecule has 0 fully saturated rings. The predicted molar refractivity (Wildman–Crippen MR) is 38.4 cm³/mol. The van der Waals surface area contributed by atoms with Crippen molar-refractivity contribution in [3.63, 3.8) is 0 Å². The van der Waals surface area contributed by atoms with E-state index in [1.165, 1.54) is 7.11 Å². The van der Waals surface area contributed by atoms with Crippen LogP contribution in [0.4, 0.5) is 0 Å². The number of hydrogen-bond donors (Lipinski definition) is 2. The van der Waals surface area contributed by atoms with Crippen LogP contribution in [0.15, 0.2) is 0 Å². The highest BCUT2D eigenvalue weighted by Crippen LogP contribution is 1.98. The Bertz CT molecular complexity index is 105. The molecule has 0 radical (unpaired) electrons. The van der Waals surface area contributed by atoms with E-state index in [1.807, 2.05) is 0 Å². The molecule has 4 heteroatoms. The quantitative estimate of drug-likeness (QED) is 0.422. The number of carbonyl (C=O) groups excluding carboxylic acids is 1. The van der Waals surface area contributed by atoms with Gasteiger partial charge in [0.2, 0.25) is 0 Å². The second-order valence-electron chi connectivity index (χ2n) is 1.79. The summed E-state index contributed by atoms with van der Waals surface area (Å²) in [6, 6.07) is -0.613. The molecule has 0 amide bonds. The van der Waals surface area contributed by atoms with E-state index in [1.54, 1.807) is 6.92 Å². The lowest BCUT2D eigenvalue weighted by molar-refractivity contribution is -0.142. The third-order valence-corrected chi connectivity index (χ3v) is 1.31. The second kappa shape index (κ2) is 3.74. The molecular formula is C5H11NO2S. The summed E-state index contributed by atoms with van der Waals surface area (Å²) in [5, 5.41) is -0.155. The monoisotopic (exact) mass is 149 g/mol. The number of esters is 1. The van der Waals surface area contributed by atoms with Crippen molar-refractivity contribution in [1.29, 1.82) is 0 Å². The zero-order chi connectivity index (χ0) is 7.44. The number of carbonyl (C=O) groups is 1. The van der Waals surface area contributed by atoms with Gasteiger partial charge in [0.25, 0.3) is 0 Å². The first-order chi connectivity index (χ1) is 4.09. The minimum Gasteiger partial charge on any atom is -0.468 e. The number of rotatable bonds is 2. The smallest absolute Gasteiger partial charge is 0.323 e. The maximum absolute atomic E-state index is 10.6. The standard InChI is InChI=1S/C5H11NO2S/c1-3(9)4(6)5(7)8-2/h3-4,9H,6H2,1-2H3/t3-,4?/m0/s1. The predicted octanol–water partition coefficient (Wildman–Crippen LogP) is -0.195. The Hall–Kier alpha value is -0.220. The fourth-order valence-electron chi connectivity index (χ4n) is 0.333. The molecule has 0 heterocycles. The van der Waals surface area contributed by atoms with E-state index < -0.39 is 12.0 Å². The molecule has 0 bridgehead atoms. The minimum absolute atomic E-state index is 0.155. The highest BCUT2D eigenvalue weighted by Gasteiger charge is 2.17. The zero-order valence-corrected chi connectivity index (χ0v) is 6.39. The van der Waals surface area contributed by atoms with Crippen LogP contribution in [0, 0.1) is 0 Å². The molecule has 2 atom stereocenters. The largest absolute Gasteiger partial charge is 0.468 e. The molecule has 0 rings (SSSR count). The summed E-state index contributed by atoms with van der Waals surface area (Å²) in [6.45, 7) is 1.74. The van der Waals surface area contributed by atoms with Crippen molar-refractivity contribution in [1.82, 2.24) is 0 Å². The van der Waals surface area contributed by atoms with Gasteiger partial charge in [-0.3, -0.25) is 4.79 Å². The van der Waals surface area contributed by atoms with Crippen LogP contribution in [0.2, 0.25) is 0 Å². The molecule has 54 valence electrons. The summed E-state index contributed by atoms with van der Waals surface area (Å²) in [4.78, 5) is 10.6. The first-order valence-corrected chi connectivity index (χ1v) is 3.12. The zero-order valence-electron chi connectivity index (χ0n) is 5.50. The molecular weight excluding hydrogens is 138 g/mol. The maximum atomic E-state index is 10.6. The third-order valence-electron chi connectivity index (χ3n) is 0.993. The Morgan fingerprint density at radius 1 is 1.78 bits per heavy atom. The van der Waals surface area contributed by atoms with E-state index in [-0.39, 0.29) is 5.25 Å². The van der Waals surface area contributed by atoms with Gasteiger partial charge in [0.1, 0.15) is 6.04 Å². The van der Waals surface area contributed by atoms with Crippen LogP contribution < -0.4 is 5.73 Å². The van der Waals surface area contributed by atoms with Crippen molar-refractivity contribution >= 4 is 18.6 Å². The van der Waals surface area contributed by atoms with Gasteiger partial charge in [-0.25, -0.2) is 0 Å². The van der Waals surface area contributed by atoms with Gasteiger partial charge in [0.05, 0.1) is 7.11 Å². The summed E-state index contributed by atoms with van der Waals surface area (Å²) < 4.78 is 4.36. The van der Waals surface area contributed by atoms with Crippen molar-refractivity contribution in [3.05, 3.63) is 0 Å². The maximum Gasteiger partial charge on any atom is 0.323 e. The summed E-state index contributed by atoms with van der Waals surface area (Å²) in [5.74, 6) is -0.419. The molecule has 0 aromatic rings. The lowest BCUT2D eigenvalue weighted by Crippen LogP contribution is -2.38. The Balaban J connectivity index is 3.72. The lowest BCUT2D eigenvalue weighted by Gasteiger charge is -2.10. The first-order valence-electron chi connectivity index (χ1n) is 2.61. The number of ether oxygens (including phenoxy) is 1. The summed E-state index contributed by atoms with van der Waals surface area (Å²) >= 11 is 3.96.